The molecule has 29 heavy (non-hydrogen) atoms. The van der Waals surface area contributed by atoms with Gasteiger partial charge in [0.2, 0.25) is 12.7 Å². The first-order chi connectivity index (χ1) is 14.1. The van der Waals surface area contributed by atoms with Crippen molar-refractivity contribution < 1.29 is 14.3 Å². The summed E-state index contributed by atoms with van der Waals surface area (Å²) in [5.41, 5.74) is 3.90. The van der Waals surface area contributed by atoms with Crippen LogP contribution < -0.4 is 20.1 Å². The molecule has 0 aliphatic carbocycles. The van der Waals surface area contributed by atoms with E-state index in [1.807, 2.05) is 56.3 Å². The summed E-state index contributed by atoms with van der Waals surface area (Å²) in [4.78, 5) is 17.6. The first-order valence-electron chi connectivity index (χ1n) is 9.25. The van der Waals surface area contributed by atoms with E-state index in [4.69, 9.17) is 9.47 Å². The second-order valence-corrected chi connectivity index (χ2v) is 6.98. The topological polar surface area (TPSA) is 90.3 Å². The summed E-state index contributed by atoms with van der Waals surface area (Å²) >= 11 is 0. The largest absolute Gasteiger partial charge is 0.454 e. The fraction of sp³-hybridized carbons (Fsp3) is 0.190. The molecule has 8 heteroatoms. The van der Waals surface area contributed by atoms with E-state index < -0.39 is 6.04 Å². The van der Waals surface area contributed by atoms with Crippen molar-refractivity contribution in [2.75, 3.05) is 17.4 Å². The Bertz CT molecular complexity index is 1150. The zero-order chi connectivity index (χ0) is 20.0. The molecule has 0 fully saturated rings. The summed E-state index contributed by atoms with van der Waals surface area (Å²) in [5, 5.41) is 10.6. The number of nitrogens with zero attached hydrogens (tertiary/aromatic N) is 3. The molecule has 5 rings (SSSR count). The van der Waals surface area contributed by atoms with Crippen molar-refractivity contribution in [3.8, 4) is 11.5 Å². The van der Waals surface area contributed by atoms with Crippen LogP contribution in [0.3, 0.4) is 0 Å². The summed E-state index contributed by atoms with van der Waals surface area (Å²) in [7, 11) is 0. The molecule has 0 bridgehead atoms. The smallest absolute Gasteiger partial charge is 0.255 e. The third-order valence-corrected chi connectivity index (χ3v) is 5.14. The lowest BCUT2D eigenvalue weighted by atomic mass is 9.94. The van der Waals surface area contributed by atoms with E-state index in [2.05, 4.69) is 20.7 Å². The number of amides is 1. The number of hydrogen-bond acceptors (Lipinski definition) is 6. The molecule has 0 spiro atoms. The number of aryl methyl sites for hydroxylation is 1. The van der Waals surface area contributed by atoms with E-state index in [-0.39, 0.29) is 12.7 Å². The number of benzene rings is 2. The lowest BCUT2D eigenvalue weighted by Gasteiger charge is -2.29. The van der Waals surface area contributed by atoms with E-state index in [0.29, 0.717) is 23.0 Å². The SMILES string of the molecule is CC1=C(C(=O)Nc2ccccc2C)[C@H](c2ccc3c(c2)OCO3)n2ncnc2N1. The van der Waals surface area contributed by atoms with Crippen LogP contribution in [0.2, 0.25) is 0 Å². The number of aromatic nitrogens is 3. The second kappa shape index (κ2) is 6.66. The molecule has 8 nitrogen and oxygen atoms in total. The highest BCUT2D eigenvalue weighted by molar-refractivity contribution is 6.06. The maximum atomic E-state index is 13.4. The van der Waals surface area contributed by atoms with Gasteiger partial charge in [0.05, 0.1) is 5.57 Å². The molecule has 1 amide bonds. The van der Waals surface area contributed by atoms with Gasteiger partial charge < -0.3 is 20.1 Å². The molecule has 1 aromatic heterocycles. The number of allylic oxidation sites excluding steroid dienone is 1. The van der Waals surface area contributed by atoms with Crippen molar-refractivity contribution in [2.24, 2.45) is 0 Å². The monoisotopic (exact) mass is 389 g/mol. The Morgan fingerprint density at radius 1 is 1.17 bits per heavy atom. The first kappa shape index (κ1) is 17.3. The van der Waals surface area contributed by atoms with E-state index in [9.17, 15) is 4.79 Å². The van der Waals surface area contributed by atoms with Gasteiger partial charge in [0.25, 0.3) is 5.91 Å². The number of anilines is 2. The standard InChI is InChI=1S/C21H19N5O3/c1-12-5-3-4-6-15(12)25-20(27)18-13(2)24-21-22-10-23-26(21)19(18)14-7-8-16-17(9-14)29-11-28-16/h3-10,19H,11H2,1-2H3,(H,25,27)(H,22,23,24)/t19-/m0/s1. The number of ether oxygens (including phenoxy) is 2. The predicted octanol–water partition coefficient (Wildman–Crippen LogP) is 3.24. The molecule has 3 aromatic rings. The second-order valence-electron chi connectivity index (χ2n) is 6.98. The van der Waals surface area contributed by atoms with Crippen molar-refractivity contribution in [2.45, 2.75) is 19.9 Å². The van der Waals surface area contributed by atoms with Crippen molar-refractivity contribution in [3.05, 3.63) is 71.2 Å². The van der Waals surface area contributed by atoms with Crippen LogP contribution in [0.15, 0.2) is 60.1 Å². The first-order valence-corrected chi connectivity index (χ1v) is 9.25. The van der Waals surface area contributed by atoms with Crippen LogP contribution in [0.1, 0.15) is 24.1 Å². The molecule has 0 unspecified atom stereocenters. The minimum atomic E-state index is -0.452. The van der Waals surface area contributed by atoms with Crippen LogP contribution in [0, 0.1) is 6.92 Å². The molecule has 2 aliphatic rings. The Kier molecular flexibility index (Phi) is 3.97. The molecule has 0 saturated heterocycles. The third kappa shape index (κ3) is 2.89. The molecule has 146 valence electrons. The van der Waals surface area contributed by atoms with Gasteiger partial charge in [-0.1, -0.05) is 24.3 Å². The van der Waals surface area contributed by atoms with Gasteiger partial charge in [0.15, 0.2) is 11.5 Å². The summed E-state index contributed by atoms with van der Waals surface area (Å²) in [5.74, 6) is 1.72. The molecular formula is C21H19N5O3. The van der Waals surface area contributed by atoms with Crippen LogP contribution in [0.5, 0.6) is 11.5 Å². The lowest BCUT2D eigenvalue weighted by Crippen LogP contribution is -2.31. The Morgan fingerprint density at radius 3 is 2.86 bits per heavy atom. The highest BCUT2D eigenvalue weighted by Crippen LogP contribution is 2.40. The number of carbonyl (C=O) groups is 1. The summed E-state index contributed by atoms with van der Waals surface area (Å²) < 4.78 is 12.7. The lowest BCUT2D eigenvalue weighted by molar-refractivity contribution is -0.113. The van der Waals surface area contributed by atoms with Crippen molar-refractivity contribution >= 4 is 17.5 Å². The Labute approximate surface area is 167 Å². The molecule has 0 saturated carbocycles. The van der Waals surface area contributed by atoms with E-state index in [0.717, 1.165) is 22.5 Å². The van der Waals surface area contributed by atoms with Crippen LogP contribution >= 0.6 is 0 Å². The number of para-hydroxylation sites is 1. The van der Waals surface area contributed by atoms with Crippen LogP contribution in [-0.2, 0) is 4.79 Å². The maximum absolute atomic E-state index is 13.4. The number of carbonyl (C=O) groups excluding carboxylic acids is 1. The van der Waals surface area contributed by atoms with E-state index in [1.165, 1.54) is 6.33 Å². The normalized spacial score (nSPS) is 17.0. The average Bonchev–Trinajstić information content (AvgIpc) is 3.36. The van der Waals surface area contributed by atoms with E-state index in [1.54, 1.807) is 4.68 Å². The fourth-order valence-electron chi connectivity index (χ4n) is 3.68. The van der Waals surface area contributed by atoms with Gasteiger partial charge in [-0.25, -0.2) is 4.68 Å². The van der Waals surface area contributed by atoms with Gasteiger partial charge in [-0.05, 0) is 43.2 Å². The van der Waals surface area contributed by atoms with Crippen molar-refractivity contribution in [1.82, 2.24) is 14.8 Å². The third-order valence-electron chi connectivity index (χ3n) is 5.14. The number of rotatable bonds is 3. The van der Waals surface area contributed by atoms with Crippen molar-refractivity contribution in [3.63, 3.8) is 0 Å². The fourth-order valence-corrected chi connectivity index (χ4v) is 3.68. The van der Waals surface area contributed by atoms with Gasteiger partial charge in [-0.15, -0.1) is 0 Å². The quantitative estimate of drug-likeness (QED) is 0.715. The molecule has 2 aliphatic heterocycles. The highest BCUT2D eigenvalue weighted by Gasteiger charge is 2.34. The van der Waals surface area contributed by atoms with Gasteiger partial charge in [-0.3, -0.25) is 4.79 Å². The molecule has 0 radical (unpaired) electrons. The number of fused-ring (bicyclic) bond motifs is 2. The molecular weight excluding hydrogens is 370 g/mol. The molecule has 1 atom stereocenters. The Morgan fingerprint density at radius 2 is 2.00 bits per heavy atom. The molecule has 2 aromatic carbocycles. The van der Waals surface area contributed by atoms with Gasteiger partial charge in [0.1, 0.15) is 12.4 Å². The van der Waals surface area contributed by atoms with Crippen LogP contribution in [0.25, 0.3) is 0 Å². The van der Waals surface area contributed by atoms with Crippen molar-refractivity contribution in [1.29, 1.82) is 0 Å². The Balaban J connectivity index is 1.58. The van der Waals surface area contributed by atoms with Gasteiger partial charge in [-0.2, -0.15) is 10.1 Å². The summed E-state index contributed by atoms with van der Waals surface area (Å²) in [6.07, 6.45) is 1.47. The number of nitrogens with one attached hydrogen (secondary N) is 2. The zero-order valence-electron chi connectivity index (χ0n) is 16.0. The molecule has 3 heterocycles. The summed E-state index contributed by atoms with van der Waals surface area (Å²) in [6, 6.07) is 12.9. The highest BCUT2D eigenvalue weighted by atomic mass is 16.7. The summed E-state index contributed by atoms with van der Waals surface area (Å²) in [6.45, 7) is 4.01. The van der Waals surface area contributed by atoms with Crippen LogP contribution in [0.4, 0.5) is 11.6 Å². The maximum Gasteiger partial charge on any atom is 0.255 e. The van der Waals surface area contributed by atoms with Gasteiger partial charge in [0, 0.05) is 11.4 Å². The predicted molar refractivity (Wildman–Crippen MR) is 107 cm³/mol. The van der Waals surface area contributed by atoms with E-state index >= 15 is 0 Å². The zero-order valence-corrected chi connectivity index (χ0v) is 16.0. The number of hydrogen-bond donors (Lipinski definition) is 2. The van der Waals surface area contributed by atoms with Crippen LogP contribution in [-0.4, -0.2) is 27.5 Å². The Hall–Kier alpha value is -3.81. The molecule has 2 N–H and O–H groups in total. The minimum absolute atomic E-state index is 0.190. The minimum Gasteiger partial charge on any atom is -0.454 e. The average molecular weight is 389 g/mol. The van der Waals surface area contributed by atoms with Gasteiger partial charge >= 0.3 is 0 Å².